The molecule has 2 nitrogen and oxygen atoms in total. The highest BCUT2D eigenvalue weighted by atomic mass is 79.9. The van der Waals surface area contributed by atoms with Crippen molar-refractivity contribution in [2.24, 2.45) is 0 Å². The average molecular weight is 332 g/mol. The van der Waals surface area contributed by atoms with Crippen molar-refractivity contribution in [3.63, 3.8) is 0 Å². The second kappa shape index (κ2) is 5.25. The SMILES string of the molecule is Cc1cnc(Nc2cc(Cl)cc(Cl)c2)c(Br)c1. The van der Waals surface area contributed by atoms with E-state index < -0.39 is 0 Å². The third kappa shape index (κ3) is 3.35. The van der Waals surface area contributed by atoms with Crippen LogP contribution in [0.15, 0.2) is 34.9 Å². The number of pyridine rings is 1. The number of aromatic nitrogens is 1. The Bertz CT molecular complexity index is 538. The Morgan fingerprint density at radius 3 is 2.35 bits per heavy atom. The molecule has 0 fully saturated rings. The van der Waals surface area contributed by atoms with Gasteiger partial charge in [0.2, 0.25) is 0 Å². The minimum atomic E-state index is 0.586. The van der Waals surface area contributed by atoms with Crippen molar-refractivity contribution < 1.29 is 0 Å². The van der Waals surface area contributed by atoms with E-state index in [9.17, 15) is 0 Å². The maximum atomic E-state index is 5.92. The predicted molar refractivity (Wildman–Crippen MR) is 76.4 cm³/mol. The molecule has 17 heavy (non-hydrogen) atoms. The molecule has 0 atom stereocenters. The van der Waals surface area contributed by atoms with Crippen LogP contribution in [0.3, 0.4) is 0 Å². The van der Waals surface area contributed by atoms with Crippen molar-refractivity contribution in [3.8, 4) is 0 Å². The van der Waals surface area contributed by atoms with Gasteiger partial charge in [0.25, 0.3) is 0 Å². The molecule has 1 aromatic carbocycles. The molecular formula is C12H9BrCl2N2. The van der Waals surface area contributed by atoms with Crippen molar-refractivity contribution >= 4 is 50.6 Å². The first-order chi connectivity index (χ1) is 8.04. The number of hydrogen-bond donors (Lipinski definition) is 1. The van der Waals surface area contributed by atoms with Crippen LogP contribution in [0, 0.1) is 6.92 Å². The van der Waals surface area contributed by atoms with Gasteiger partial charge < -0.3 is 5.32 Å². The van der Waals surface area contributed by atoms with Crippen molar-refractivity contribution in [3.05, 3.63) is 50.5 Å². The van der Waals surface area contributed by atoms with Gasteiger partial charge in [0, 0.05) is 21.9 Å². The van der Waals surface area contributed by atoms with Gasteiger partial charge in [-0.3, -0.25) is 0 Å². The zero-order valence-electron chi connectivity index (χ0n) is 8.97. The van der Waals surface area contributed by atoms with E-state index in [2.05, 4.69) is 26.2 Å². The molecule has 0 radical (unpaired) electrons. The summed E-state index contributed by atoms with van der Waals surface area (Å²) in [4.78, 5) is 4.29. The number of nitrogens with zero attached hydrogens (tertiary/aromatic N) is 1. The lowest BCUT2D eigenvalue weighted by molar-refractivity contribution is 1.24. The minimum Gasteiger partial charge on any atom is -0.339 e. The van der Waals surface area contributed by atoms with Crippen LogP contribution in [-0.4, -0.2) is 4.98 Å². The summed E-state index contributed by atoms with van der Waals surface area (Å²) in [6, 6.07) is 7.26. The number of aryl methyl sites for hydroxylation is 1. The molecule has 0 aliphatic heterocycles. The normalized spacial score (nSPS) is 10.4. The van der Waals surface area contributed by atoms with E-state index in [4.69, 9.17) is 23.2 Å². The Labute approximate surface area is 118 Å². The van der Waals surface area contributed by atoms with Gasteiger partial charge in [-0.2, -0.15) is 0 Å². The maximum Gasteiger partial charge on any atom is 0.144 e. The molecule has 1 heterocycles. The van der Waals surface area contributed by atoms with Gasteiger partial charge in [0.15, 0.2) is 0 Å². The summed E-state index contributed by atoms with van der Waals surface area (Å²) >= 11 is 15.3. The Kier molecular flexibility index (Phi) is 3.92. The molecule has 1 aromatic heterocycles. The summed E-state index contributed by atoms with van der Waals surface area (Å²) in [6.07, 6.45) is 1.79. The van der Waals surface area contributed by atoms with Gasteiger partial charge in [-0.25, -0.2) is 4.98 Å². The number of benzene rings is 1. The van der Waals surface area contributed by atoms with Crippen LogP contribution in [0.25, 0.3) is 0 Å². The number of nitrogens with one attached hydrogen (secondary N) is 1. The molecule has 0 saturated carbocycles. The molecule has 0 spiro atoms. The molecule has 0 amide bonds. The Morgan fingerprint density at radius 1 is 1.12 bits per heavy atom. The molecule has 88 valence electrons. The van der Waals surface area contributed by atoms with Crippen LogP contribution >= 0.6 is 39.1 Å². The fourth-order valence-corrected chi connectivity index (χ4v) is 2.48. The highest BCUT2D eigenvalue weighted by molar-refractivity contribution is 9.10. The van der Waals surface area contributed by atoms with Crippen molar-refractivity contribution in [1.29, 1.82) is 0 Å². The third-order valence-electron chi connectivity index (χ3n) is 2.10. The molecule has 0 unspecified atom stereocenters. The summed E-state index contributed by atoms with van der Waals surface area (Å²) < 4.78 is 0.897. The topological polar surface area (TPSA) is 24.9 Å². The van der Waals surface area contributed by atoms with Crippen molar-refractivity contribution in [2.75, 3.05) is 5.32 Å². The number of rotatable bonds is 2. The monoisotopic (exact) mass is 330 g/mol. The van der Waals surface area contributed by atoms with Crippen LogP contribution in [0.2, 0.25) is 10.0 Å². The third-order valence-corrected chi connectivity index (χ3v) is 3.14. The Balaban J connectivity index is 2.31. The summed E-state index contributed by atoms with van der Waals surface area (Å²) in [5, 5.41) is 4.33. The van der Waals surface area contributed by atoms with Gasteiger partial charge in [-0.1, -0.05) is 23.2 Å². The molecule has 5 heteroatoms. The first kappa shape index (κ1) is 12.7. The molecule has 0 aliphatic carbocycles. The zero-order valence-corrected chi connectivity index (χ0v) is 12.1. The number of halogens is 3. The van der Waals surface area contributed by atoms with E-state index >= 15 is 0 Å². The van der Waals surface area contributed by atoms with Crippen molar-refractivity contribution in [2.45, 2.75) is 6.92 Å². The first-order valence-electron chi connectivity index (χ1n) is 4.90. The van der Waals surface area contributed by atoms with E-state index in [0.717, 1.165) is 21.5 Å². The van der Waals surface area contributed by atoms with Crippen molar-refractivity contribution in [1.82, 2.24) is 4.98 Å². The van der Waals surface area contributed by atoms with E-state index in [0.29, 0.717) is 10.0 Å². The van der Waals surface area contributed by atoms with E-state index in [1.807, 2.05) is 13.0 Å². The maximum absolute atomic E-state index is 5.92. The lowest BCUT2D eigenvalue weighted by Gasteiger charge is -2.08. The standard InChI is InChI=1S/C12H9BrCl2N2/c1-7-2-11(13)12(16-6-7)17-10-4-8(14)3-9(15)5-10/h2-6H,1H3,(H,16,17). The molecule has 0 saturated heterocycles. The van der Waals surface area contributed by atoms with E-state index in [1.165, 1.54) is 0 Å². The van der Waals surface area contributed by atoms with Gasteiger partial charge in [0.1, 0.15) is 5.82 Å². The lowest BCUT2D eigenvalue weighted by atomic mass is 10.3. The molecule has 2 aromatic rings. The Morgan fingerprint density at radius 2 is 1.76 bits per heavy atom. The number of hydrogen-bond acceptors (Lipinski definition) is 2. The van der Waals surface area contributed by atoms with E-state index in [-0.39, 0.29) is 0 Å². The average Bonchev–Trinajstić information content (AvgIpc) is 2.21. The van der Waals surface area contributed by atoms with Gasteiger partial charge >= 0.3 is 0 Å². The van der Waals surface area contributed by atoms with Crippen LogP contribution in [0.4, 0.5) is 11.5 Å². The second-order valence-electron chi connectivity index (χ2n) is 3.63. The smallest absolute Gasteiger partial charge is 0.144 e. The summed E-state index contributed by atoms with van der Waals surface area (Å²) in [5.41, 5.74) is 1.89. The van der Waals surface area contributed by atoms with Gasteiger partial charge in [-0.15, -0.1) is 0 Å². The summed E-state index contributed by atoms with van der Waals surface area (Å²) in [5.74, 6) is 0.730. The van der Waals surface area contributed by atoms with Gasteiger partial charge in [0.05, 0.1) is 4.47 Å². The highest BCUT2D eigenvalue weighted by Crippen LogP contribution is 2.28. The fraction of sp³-hybridized carbons (Fsp3) is 0.0833. The fourth-order valence-electron chi connectivity index (χ4n) is 1.39. The molecule has 2 rings (SSSR count). The molecule has 0 aliphatic rings. The van der Waals surface area contributed by atoms with Crippen LogP contribution < -0.4 is 5.32 Å². The second-order valence-corrected chi connectivity index (χ2v) is 5.35. The largest absolute Gasteiger partial charge is 0.339 e. The molecule has 0 bridgehead atoms. The van der Waals surface area contributed by atoms with E-state index in [1.54, 1.807) is 24.4 Å². The number of anilines is 2. The summed E-state index contributed by atoms with van der Waals surface area (Å²) in [6.45, 7) is 1.98. The molecular weight excluding hydrogens is 323 g/mol. The quantitative estimate of drug-likeness (QED) is 0.817. The first-order valence-corrected chi connectivity index (χ1v) is 6.45. The van der Waals surface area contributed by atoms with Crippen LogP contribution in [-0.2, 0) is 0 Å². The zero-order chi connectivity index (χ0) is 12.4. The minimum absolute atomic E-state index is 0.586. The predicted octanol–water partition coefficient (Wildman–Crippen LogP) is 5.20. The molecule has 1 N–H and O–H groups in total. The highest BCUT2D eigenvalue weighted by Gasteiger charge is 2.04. The lowest BCUT2D eigenvalue weighted by Crippen LogP contribution is -1.95. The Hall–Kier alpha value is -0.770. The van der Waals surface area contributed by atoms with Crippen LogP contribution in [0.5, 0.6) is 0 Å². The van der Waals surface area contributed by atoms with Crippen LogP contribution in [0.1, 0.15) is 5.56 Å². The summed E-state index contributed by atoms with van der Waals surface area (Å²) in [7, 11) is 0. The van der Waals surface area contributed by atoms with Gasteiger partial charge in [-0.05, 0) is 52.7 Å².